The summed E-state index contributed by atoms with van der Waals surface area (Å²) >= 11 is 5.85. The molecule has 1 aromatic carbocycles. The third kappa shape index (κ3) is 2.18. The van der Waals surface area contributed by atoms with Gasteiger partial charge in [-0.05, 0) is 19.1 Å². The minimum absolute atomic E-state index is 0.0251. The Morgan fingerprint density at radius 3 is 2.78 bits per heavy atom. The van der Waals surface area contributed by atoms with Crippen LogP contribution in [0.25, 0.3) is 0 Å². The fourth-order valence-corrected chi connectivity index (χ4v) is 2.16. The number of rotatable bonds is 3. The number of halogens is 2. The molecule has 1 unspecified atom stereocenters. The van der Waals surface area contributed by atoms with Crippen LogP contribution in [0.15, 0.2) is 18.2 Å². The zero-order valence-electron chi connectivity index (χ0n) is 9.74. The van der Waals surface area contributed by atoms with E-state index in [2.05, 4.69) is 5.32 Å². The first-order valence-corrected chi connectivity index (χ1v) is 5.97. The summed E-state index contributed by atoms with van der Waals surface area (Å²) in [6.45, 7) is 2.04. The Bertz CT molecular complexity index is 487. The van der Waals surface area contributed by atoms with Gasteiger partial charge in [-0.3, -0.25) is 14.5 Å². The van der Waals surface area contributed by atoms with E-state index in [1.165, 1.54) is 18.2 Å². The van der Waals surface area contributed by atoms with Crippen molar-refractivity contribution in [1.82, 2.24) is 4.90 Å². The van der Waals surface area contributed by atoms with Crippen LogP contribution in [0, 0.1) is 5.82 Å². The summed E-state index contributed by atoms with van der Waals surface area (Å²) in [5, 5.41) is 2.89. The van der Waals surface area contributed by atoms with Crippen molar-refractivity contribution in [1.29, 1.82) is 0 Å². The van der Waals surface area contributed by atoms with Gasteiger partial charge in [-0.15, -0.1) is 0 Å². The van der Waals surface area contributed by atoms with Gasteiger partial charge in [-0.1, -0.05) is 17.7 Å². The number of anilines is 1. The zero-order valence-corrected chi connectivity index (χ0v) is 10.5. The monoisotopic (exact) mass is 270 g/mol. The van der Waals surface area contributed by atoms with Gasteiger partial charge in [0, 0.05) is 6.54 Å². The molecule has 0 bridgehead atoms. The molecule has 2 rings (SSSR count). The van der Waals surface area contributed by atoms with Crippen LogP contribution in [0.4, 0.5) is 10.1 Å². The molecule has 1 aliphatic rings. The number of likely N-dealkylation sites (tertiary alicyclic amines) is 1. The van der Waals surface area contributed by atoms with Gasteiger partial charge in [-0.25, -0.2) is 4.39 Å². The van der Waals surface area contributed by atoms with Crippen LogP contribution < -0.4 is 5.32 Å². The number of likely N-dealkylation sites (N-methyl/N-ethyl adjacent to an activating group) is 1. The molecule has 1 fully saturated rings. The van der Waals surface area contributed by atoms with Gasteiger partial charge < -0.3 is 5.32 Å². The molecule has 0 aliphatic carbocycles. The molecular weight excluding hydrogens is 259 g/mol. The van der Waals surface area contributed by atoms with Gasteiger partial charge in [-0.2, -0.15) is 0 Å². The highest BCUT2D eigenvalue weighted by Crippen LogP contribution is 2.27. The van der Waals surface area contributed by atoms with Crippen LogP contribution in [-0.4, -0.2) is 29.3 Å². The maximum Gasteiger partial charge on any atom is 0.252 e. The van der Waals surface area contributed by atoms with Crippen molar-refractivity contribution in [2.75, 3.05) is 11.9 Å². The van der Waals surface area contributed by atoms with Crippen LogP contribution in [0.1, 0.15) is 13.3 Å². The van der Waals surface area contributed by atoms with Crippen molar-refractivity contribution >= 4 is 29.1 Å². The first-order valence-electron chi connectivity index (χ1n) is 5.59. The largest absolute Gasteiger partial charge is 0.370 e. The number of nitrogens with zero attached hydrogens (tertiary/aromatic N) is 1. The van der Waals surface area contributed by atoms with Crippen molar-refractivity contribution < 1.29 is 14.0 Å². The summed E-state index contributed by atoms with van der Waals surface area (Å²) < 4.78 is 13.6. The van der Waals surface area contributed by atoms with Crippen molar-refractivity contribution in [2.24, 2.45) is 0 Å². The Morgan fingerprint density at radius 2 is 2.22 bits per heavy atom. The molecule has 0 radical (unpaired) electrons. The quantitative estimate of drug-likeness (QED) is 0.855. The fraction of sp³-hybridized carbons (Fsp3) is 0.333. The highest BCUT2D eigenvalue weighted by molar-refractivity contribution is 6.33. The van der Waals surface area contributed by atoms with Gasteiger partial charge >= 0.3 is 0 Å². The van der Waals surface area contributed by atoms with Crippen molar-refractivity contribution in [3.8, 4) is 0 Å². The lowest BCUT2D eigenvalue weighted by molar-refractivity contribution is -0.138. The summed E-state index contributed by atoms with van der Waals surface area (Å²) in [6, 6.07) is 3.49. The zero-order chi connectivity index (χ0) is 13.3. The van der Waals surface area contributed by atoms with E-state index < -0.39 is 11.9 Å². The van der Waals surface area contributed by atoms with E-state index in [0.717, 1.165) is 4.90 Å². The Balaban J connectivity index is 2.21. The lowest BCUT2D eigenvalue weighted by Crippen LogP contribution is -2.34. The normalized spacial score (nSPS) is 19.5. The molecule has 1 saturated heterocycles. The third-order valence-corrected chi connectivity index (χ3v) is 3.16. The maximum atomic E-state index is 13.6. The van der Waals surface area contributed by atoms with Gasteiger partial charge in [0.15, 0.2) is 0 Å². The molecule has 18 heavy (non-hydrogen) atoms. The Labute approximate surface area is 109 Å². The second-order valence-corrected chi connectivity index (χ2v) is 4.38. The molecular formula is C12H12ClFN2O2. The molecule has 96 valence electrons. The van der Waals surface area contributed by atoms with Crippen LogP contribution >= 0.6 is 11.6 Å². The molecule has 4 nitrogen and oxygen atoms in total. The number of para-hydroxylation sites is 1. The van der Waals surface area contributed by atoms with Gasteiger partial charge in [0.2, 0.25) is 5.91 Å². The van der Waals surface area contributed by atoms with E-state index in [4.69, 9.17) is 11.6 Å². The number of benzene rings is 1. The summed E-state index contributed by atoms with van der Waals surface area (Å²) in [4.78, 5) is 24.5. The SMILES string of the molecule is CCN1C(=O)CC(Nc2c(F)cccc2Cl)C1=O. The summed E-state index contributed by atoms with van der Waals surface area (Å²) in [6.07, 6.45) is 0.0251. The highest BCUT2D eigenvalue weighted by atomic mass is 35.5. The Kier molecular flexibility index (Phi) is 3.52. The number of imide groups is 1. The fourth-order valence-electron chi connectivity index (χ4n) is 1.94. The number of carbonyl (C=O) groups excluding carboxylic acids is 2. The lowest BCUT2D eigenvalue weighted by atomic mass is 10.2. The molecule has 0 aromatic heterocycles. The molecule has 1 aromatic rings. The predicted molar refractivity (Wildman–Crippen MR) is 65.8 cm³/mol. The van der Waals surface area contributed by atoms with Crippen LogP contribution in [0.3, 0.4) is 0 Å². The highest BCUT2D eigenvalue weighted by Gasteiger charge is 2.38. The van der Waals surface area contributed by atoms with Crippen molar-refractivity contribution in [3.63, 3.8) is 0 Å². The van der Waals surface area contributed by atoms with E-state index >= 15 is 0 Å². The molecule has 1 aliphatic heterocycles. The molecule has 1 heterocycles. The van der Waals surface area contributed by atoms with E-state index in [1.807, 2.05) is 0 Å². The first kappa shape index (κ1) is 12.8. The van der Waals surface area contributed by atoms with E-state index in [0.29, 0.717) is 6.54 Å². The number of nitrogens with one attached hydrogen (secondary N) is 1. The Hall–Kier alpha value is -1.62. The van der Waals surface area contributed by atoms with Crippen LogP contribution in [0.2, 0.25) is 5.02 Å². The molecule has 0 saturated carbocycles. The van der Waals surface area contributed by atoms with Crippen LogP contribution in [-0.2, 0) is 9.59 Å². The predicted octanol–water partition coefficient (Wildman–Crippen LogP) is 2.04. The summed E-state index contributed by atoms with van der Waals surface area (Å²) in [5.74, 6) is -1.15. The minimum atomic E-state index is -0.744. The number of hydrogen-bond donors (Lipinski definition) is 1. The summed E-state index contributed by atoms with van der Waals surface area (Å²) in [7, 11) is 0. The van der Waals surface area contributed by atoms with Crippen LogP contribution in [0.5, 0.6) is 0 Å². The molecule has 6 heteroatoms. The van der Waals surface area contributed by atoms with Crippen molar-refractivity contribution in [2.45, 2.75) is 19.4 Å². The smallest absolute Gasteiger partial charge is 0.252 e. The molecule has 1 N–H and O–H groups in total. The molecule has 2 amide bonds. The second kappa shape index (κ2) is 4.94. The second-order valence-electron chi connectivity index (χ2n) is 3.97. The number of amides is 2. The third-order valence-electron chi connectivity index (χ3n) is 2.84. The maximum absolute atomic E-state index is 13.6. The van der Waals surface area contributed by atoms with Crippen molar-refractivity contribution in [3.05, 3.63) is 29.0 Å². The topological polar surface area (TPSA) is 49.4 Å². The van der Waals surface area contributed by atoms with Gasteiger partial charge in [0.25, 0.3) is 5.91 Å². The molecule has 0 spiro atoms. The van der Waals surface area contributed by atoms with Gasteiger partial charge in [0.1, 0.15) is 11.9 Å². The number of hydrogen-bond acceptors (Lipinski definition) is 3. The summed E-state index contributed by atoms with van der Waals surface area (Å²) in [5.41, 5.74) is 0.0586. The number of carbonyl (C=O) groups is 2. The van der Waals surface area contributed by atoms with Gasteiger partial charge in [0.05, 0.1) is 17.1 Å². The average molecular weight is 271 g/mol. The van der Waals surface area contributed by atoms with E-state index in [1.54, 1.807) is 6.92 Å². The molecule has 1 atom stereocenters. The van der Waals surface area contributed by atoms with E-state index in [9.17, 15) is 14.0 Å². The lowest BCUT2D eigenvalue weighted by Gasteiger charge is -2.15. The van der Waals surface area contributed by atoms with E-state index in [-0.39, 0.29) is 28.9 Å². The Morgan fingerprint density at radius 1 is 1.50 bits per heavy atom. The first-order chi connectivity index (χ1) is 8.54. The minimum Gasteiger partial charge on any atom is -0.370 e. The average Bonchev–Trinajstić information content (AvgIpc) is 2.59. The standard InChI is InChI=1S/C12H12ClFN2O2/c1-2-16-10(17)6-9(12(16)18)15-11-7(13)4-3-5-8(11)14/h3-5,9,15H,2,6H2,1H3.